The molecule has 3 heterocycles. The summed E-state index contributed by atoms with van der Waals surface area (Å²) >= 11 is 0. The van der Waals surface area contributed by atoms with Crippen LogP contribution in [0, 0.1) is 11.3 Å². The molecule has 5 rings (SSSR count). The van der Waals surface area contributed by atoms with Crippen molar-refractivity contribution in [2.45, 2.75) is 70.6 Å². The van der Waals surface area contributed by atoms with E-state index in [1.54, 1.807) is 0 Å². The lowest BCUT2D eigenvalue weighted by Crippen LogP contribution is -2.55. The summed E-state index contributed by atoms with van der Waals surface area (Å²) in [5.41, 5.74) is 5.65. The Hall–Kier alpha value is -2.85. The lowest BCUT2D eigenvalue weighted by molar-refractivity contribution is -0.0405. The number of amides is 1. The van der Waals surface area contributed by atoms with Crippen LogP contribution in [-0.2, 0) is 17.8 Å². The highest BCUT2D eigenvalue weighted by Crippen LogP contribution is 2.47. The van der Waals surface area contributed by atoms with Gasteiger partial charge in [-0.15, -0.1) is 0 Å². The van der Waals surface area contributed by atoms with Crippen LogP contribution in [0.2, 0.25) is 0 Å². The summed E-state index contributed by atoms with van der Waals surface area (Å²) in [7, 11) is 0. The van der Waals surface area contributed by atoms with Gasteiger partial charge in [-0.3, -0.25) is 4.79 Å². The Morgan fingerprint density at radius 2 is 2.12 bits per heavy atom. The number of ether oxygens (including phenoxy) is 1. The Morgan fingerprint density at radius 3 is 2.78 bits per heavy atom. The predicted octanol–water partition coefficient (Wildman–Crippen LogP) is 4.02. The van der Waals surface area contributed by atoms with Gasteiger partial charge >= 0.3 is 0 Å². The minimum absolute atomic E-state index is 0.0553. The number of hydrogen-bond acceptors (Lipinski definition) is 6. The third-order valence-corrected chi connectivity index (χ3v) is 7.11. The molecule has 1 saturated heterocycles. The molecule has 1 atom stereocenters. The highest BCUT2D eigenvalue weighted by Gasteiger charge is 2.38. The van der Waals surface area contributed by atoms with Crippen molar-refractivity contribution in [1.82, 2.24) is 9.88 Å². The van der Waals surface area contributed by atoms with E-state index in [4.69, 9.17) is 9.15 Å². The fourth-order valence-corrected chi connectivity index (χ4v) is 5.19. The molecule has 0 bridgehead atoms. The molecule has 0 radical (unpaired) electrons. The van der Waals surface area contributed by atoms with Crippen molar-refractivity contribution in [3.63, 3.8) is 0 Å². The lowest BCUT2D eigenvalue weighted by Gasteiger charge is -2.43. The summed E-state index contributed by atoms with van der Waals surface area (Å²) in [6.45, 7) is 8.88. The Balaban J connectivity index is 1.49. The molecule has 0 spiro atoms. The zero-order chi connectivity index (χ0) is 22.5. The Morgan fingerprint density at radius 1 is 1.31 bits per heavy atom. The van der Waals surface area contributed by atoms with Crippen molar-refractivity contribution in [2.75, 3.05) is 24.5 Å². The van der Waals surface area contributed by atoms with Gasteiger partial charge < -0.3 is 19.0 Å². The van der Waals surface area contributed by atoms with E-state index in [1.165, 1.54) is 36.6 Å². The minimum Gasteiger partial charge on any atom is -0.451 e. The van der Waals surface area contributed by atoms with E-state index in [2.05, 4.69) is 42.8 Å². The van der Waals surface area contributed by atoms with Crippen LogP contribution < -0.4 is 4.90 Å². The normalized spacial score (nSPS) is 22.4. The average molecular weight is 435 g/mol. The monoisotopic (exact) mass is 434 g/mol. The maximum atomic E-state index is 12.9. The van der Waals surface area contributed by atoms with Crippen molar-refractivity contribution in [3.8, 4) is 6.07 Å². The van der Waals surface area contributed by atoms with Crippen LogP contribution in [0.5, 0.6) is 0 Å². The van der Waals surface area contributed by atoms with Crippen LogP contribution in [0.25, 0.3) is 0 Å². The molecule has 1 aromatic heterocycles. The van der Waals surface area contributed by atoms with E-state index in [0.29, 0.717) is 37.9 Å². The molecule has 7 heteroatoms. The maximum Gasteiger partial charge on any atom is 0.276 e. The second-order valence-corrected chi connectivity index (χ2v) is 9.81. The summed E-state index contributed by atoms with van der Waals surface area (Å²) in [5, 5.41) is 10.2. The molecule has 2 aromatic rings. The zero-order valence-electron chi connectivity index (χ0n) is 19.1. The number of oxazole rings is 1. The number of carbonyl (C=O) groups excluding carboxylic acids is 1. The molecule has 1 aliphatic carbocycles. The van der Waals surface area contributed by atoms with Gasteiger partial charge in [0.15, 0.2) is 12.1 Å². The first-order valence-corrected chi connectivity index (χ1v) is 11.6. The van der Waals surface area contributed by atoms with E-state index in [-0.39, 0.29) is 17.6 Å². The predicted molar refractivity (Wildman–Crippen MR) is 120 cm³/mol. The van der Waals surface area contributed by atoms with Crippen molar-refractivity contribution in [2.24, 2.45) is 0 Å². The van der Waals surface area contributed by atoms with Crippen LogP contribution in [0.3, 0.4) is 0 Å². The molecule has 32 heavy (non-hydrogen) atoms. The van der Waals surface area contributed by atoms with Crippen molar-refractivity contribution < 1.29 is 13.9 Å². The number of piperazine rings is 1. The fourth-order valence-electron chi connectivity index (χ4n) is 5.19. The number of aromatic nitrogens is 1. The van der Waals surface area contributed by atoms with Crippen LogP contribution in [0.15, 0.2) is 23.1 Å². The molecule has 2 aliphatic heterocycles. The molecule has 0 N–H and O–H groups in total. The van der Waals surface area contributed by atoms with E-state index < -0.39 is 0 Å². The van der Waals surface area contributed by atoms with Gasteiger partial charge in [-0.25, -0.2) is 4.98 Å². The molecule has 1 saturated carbocycles. The Bertz CT molecular complexity index is 1070. The second kappa shape index (κ2) is 7.93. The SMILES string of the molecule is CCC1CN(c2cc(C3CC3)c3c(c2C#N)CC(C)(C)OC3)CCN1C(=O)c1cocn1. The van der Waals surface area contributed by atoms with Crippen LogP contribution in [-0.4, -0.2) is 47.1 Å². The average Bonchev–Trinajstić information content (AvgIpc) is 3.49. The largest absolute Gasteiger partial charge is 0.451 e. The molecule has 1 amide bonds. The van der Waals surface area contributed by atoms with Gasteiger partial charge in [0.25, 0.3) is 5.91 Å². The minimum atomic E-state index is -0.271. The number of benzene rings is 1. The van der Waals surface area contributed by atoms with Crippen LogP contribution in [0.1, 0.15) is 78.7 Å². The van der Waals surface area contributed by atoms with Gasteiger partial charge in [0.2, 0.25) is 0 Å². The Labute approximate surface area is 189 Å². The van der Waals surface area contributed by atoms with Gasteiger partial charge in [-0.2, -0.15) is 5.26 Å². The molecule has 7 nitrogen and oxygen atoms in total. The second-order valence-electron chi connectivity index (χ2n) is 9.81. The van der Waals surface area contributed by atoms with E-state index in [9.17, 15) is 10.1 Å². The summed E-state index contributed by atoms with van der Waals surface area (Å²) in [6.07, 6.45) is 6.70. The summed E-state index contributed by atoms with van der Waals surface area (Å²) in [5.74, 6) is 0.492. The number of nitriles is 1. The third-order valence-electron chi connectivity index (χ3n) is 7.11. The smallest absolute Gasteiger partial charge is 0.276 e. The van der Waals surface area contributed by atoms with E-state index in [0.717, 1.165) is 29.7 Å². The van der Waals surface area contributed by atoms with Crippen LogP contribution >= 0.6 is 0 Å². The summed E-state index contributed by atoms with van der Waals surface area (Å²) in [4.78, 5) is 21.2. The van der Waals surface area contributed by atoms with Gasteiger partial charge in [-0.05, 0) is 61.8 Å². The first kappa shape index (κ1) is 21.0. The highest BCUT2D eigenvalue weighted by atomic mass is 16.5. The summed E-state index contributed by atoms with van der Waals surface area (Å²) in [6, 6.07) is 4.84. The fraction of sp³-hybridized carbons (Fsp3) is 0.560. The maximum absolute atomic E-state index is 12.9. The third kappa shape index (κ3) is 3.67. The van der Waals surface area contributed by atoms with Crippen molar-refractivity contribution in [3.05, 3.63) is 46.7 Å². The topological polar surface area (TPSA) is 82.6 Å². The van der Waals surface area contributed by atoms with Crippen molar-refractivity contribution in [1.29, 1.82) is 5.26 Å². The van der Waals surface area contributed by atoms with Gasteiger partial charge in [0.1, 0.15) is 12.3 Å². The molecule has 2 fully saturated rings. The molecule has 1 aromatic carbocycles. The molecule has 168 valence electrons. The quantitative estimate of drug-likeness (QED) is 0.723. The van der Waals surface area contributed by atoms with Crippen LogP contribution in [0.4, 0.5) is 5.69 Å². The number of fused-ring (bicyclic) bond motifs is 1. The molecular formula is C25H30N4O3. The number of nitrogens with zero attached hydrogens (tertiary/aromatic N) is 4. The number of carbonyl (C=O) groups is 1. The van der Waals surface area contributed by atoms with Crippen molar-refractivity contribution >= 4 is 11.6 Å². The van der Waals surface area contributed by atoms with Gasteiger partial charge in [0.05, 0.1) is 23.5 Å². The number of rotatable bonds is 4. The van der Waals surface area contributed by atoms with Gasteiger partial charge in [0, 0.05) is 32.1 Å². The lowest BCUT2D eigenvalue weighted by atomic mass is 9.84. The standard InChI is InChI=1S/C25H30N4O3/c1-4-17-12-28(7-8-29(17)24(30)22-14-31-15-27-22)23-9-18(16-5-6-16)21-13-32-25(2,3)10-19(21)20(23)11-26/h9,14-17H,4-8,10,12-13H2,1-3H3. The first-order chi connectivity index (χ1) is 15.4. The summed E-state index contributed by atoms with van der Waals surface area (Å²) < 4.78 is 11.1. The highest BCUT2D eigenvalue weighted by molar-refractivity contribution is 5.92. The molecule has 1 unspecified atom stereocenters. The molecule has 3 aliphatic rings. The zero-order valence-corrected chi connectivity index (χ0v) is 19.1. The first-order valence-electron chi connectivity index (χ1n) is 11.6. The molecular weight excluding hydrogens is 404 g/mol. The van der Waals surface area contributed by atoms with Gasteiger partial charge in [-0.1, -0.05) is 6.92 Å². The Kier molecular flexibility index (Phi) is 5.21. The van der Waals surface area contributed by atoms with E-state index in [1.807, 2.05) is 4.90 Å². The number of hydrogen-bond donors (Lipinski definition) is 0. The number of anilines is 1. The van der Waals surface area contributed by atoms with E-state index >= 15 is 0 Å².